The van der Waals surface area contributed by atoms with Crippen molar-refractivity contribution >= 4 is 23.4 Å². The van der Waals surface area contributed by atoms with Gasteiger partial charge in [0.05, 0.1) is 18.0 Å². The van der Waals surface area contributed by atoms with Crippen molar-refractivity contribution in [3.8, 4) is 0 Å². The molecule has 1 saturated heterocycles. The van der Waals surface area contributed by atoms with Crippen LogP contribution in [0.25, 0.3) is 0 Å². The zero-order valence-corrected chi connectivity index (χ0v) is 15.9. The predicted octanol–water partition coefficient (Wildman–Crippen LogP) is 2.81. The summed E-state index contributed by atoms with van der Waals surface area (Å²) in [5.41, 5.74) is -0.389. The van der Waals surface area contributed by atoms with Gasteiger partial charge in [0.1, 0.15) is 11.3 Å². The highest BCUT2D eigenvalue weighted by atomic mass is 16.6. The molecule has 2 rings (SSSR count). The maximum atomic E-state index is 12.3. The third kappa shape index (κ3) is 5.32. The molecule has 0 aromatic heterocycles. The number of nitro benzene ring substituents is 1. The van der Waals surface area contributed by atoms with Crippen LogP contribution in [-0.2, 0) is 14.3 Å². The number of carbonyl (C=O) groups is 2. The van der Waals surface area contributed by atoms with E-state index < -0.39 is 34.5 Å². The van der Waals surface area contributed by atoms with Gasteiger partial charge in [0, 0.05) is 25.2 Å². The molecule has 148 valence electrons. The number of rotatable bonds is 4. The second-order valence-electron chi connectivity index (χ2n) is 7.37. The largest absolute Gasteiger partial charge is 0.469 e. The number of hydrogen-bond donors (Lipinski definition) is 1. The molecule has 1 amide bonds. The molecule has 0 unspecified atom stereocenters. The number of amides is 1. The minimum Gasteiger partial charge on any atom is -0.469 e. The first-order valence-electron chi connectivity index (χ1n) is 8.68. The van der Waals surface area contributed by atoms with Gasteiger partial charge in [-0.25, -0.2) is 4.79 Å². The molecule has 1 N–H and O–H groups in total. The lowest BCUT2D eigenvalue weighted by molar-refractivity contribution is -0.384. The lowest BCUT2D eigenvalue weighted by Gasteiger charge is -2.38. The molecular formula is C18H25N3O6. The first-order valence-corrected chi connectivity index (χ1v) is 8.68. The Balaban J connectivity index is 2.17. The maximum absolute atomic E-state index is 12.3. The molecule has 0 aliphatic carbocycles. The van der Waals surface area contributed by atoms with Gasteiger partial charge in [0.25, 0.3) is 5.69 Å². The van der Waals surface area contributed by atoms with Crippen LogP contribution in [0.4, 0.5) is 16.2 Å². The van der Waals surface area contributed by atoms with Crippen molar-refractivity contribution in [3.05, 3.63) is 34.4 Å². The first kappa shape index (κ1) is 20.5. The molecule has 0 bridgehead atoms. The van der Waals surface area contributed by atoms with Gasteiger partial charge in [-0.2, -0.15) is 0 Å². The van der Waals surface area contributed by atoms with Crippen LogP contribution in [0, 0.1) is 16.0 Å². The van der Waals surface area contributed by atoms with Gasteiger partial charge in [0.15, 0.2) is 0 Å². The molecule has 2 atom stereocenters. The summed E-state index contributed by atoms with van der Waals surface area (Å²) in [5.74, 6) is -1.16. The van der Waals surface area contributed by atoms with Crippen molar-refractivity contribution in [2.75, 3.05) is 25.5 Å². The number of nitro groups is 1. The number of piperidine rings is 1. The summed E-state index contributed by atoms with van der Waals surface area (Å²) in [6.45, 7) is 5.78. The van der Waals surface area contributed by atoms with Crippen LogP contribution in [0.5, 0.6) is 0 Å². The molecule has 1 aliphatic rings. The third-order valence-electron chi connectivity index (χ3n) is 4.21. The van der Waals surface area contributed by atoms with Crippen molar-refractivity contribution in [1.29, 1.82) is 0 Å². The molecule has 0 spiro atoms. The molecule has 9 nitrogen and oxygen atoms in total. The fraction of sp³-hybridized carbons (Fsp3) is 0.556. The smallest absolute Gasteiger partial charge is 0.410 e. The van der Waals surface area contributed by atoms with E-state index in [4.69, 9.17) is 9.47 Å². The molecule has 0 radical (unpaired) electrons. The molecule has 27 heavy (non-hydrogen) atoms. The van der Waals surface area contributed by atoms with Crippen LogP contribution >= 0.6 is 0 Å². The van der Waals surface area contributed by atoms with E-state index in [1.165, 1.54) is 18.1 Å². The number of anilines is 1. The summed E-state index contributed by atoms with van der Waals surface area (Å²) in [5, 5.41) is 14.3. The molecular weight excluding hydrogens is 354 g/mol. The number of carbonyl (C=O) groups excluding carboxylic acids is 2. The van der Waals surface area contributed by atoms with E-state index in [2.05, 4.69) is 5.32 Å². The van der Waals surface area contributed by atoms with E-state index in [0.717, 1.165) is 0 Å². The molecule has 1 fully saturated rings. The molecule has 1 heterocycles. The van der Waals surface area contributed by atoms with E-state index in [0.29, 0.717) is 18.7 Å². The molecule has 1 aliphatic heterocycles. The van der Waals surface area contributed by atoms with Crippen molar-refractivity contribution < 1.29 is 24.0 Å². The van der Waals surface area contributed by atoms with Crippen LogP contribution in [0.2, 0.25) is 0 Å². The summed E-state index contributed by atoms with van der Waals surface area (Å²) < 4.78 is 10.2. The highest BCUT2D eigenvalue weighted by Crippen LogP contribution is 2.29. The number of ether oxygens (including phenoxy) is 2. The average molecular weight is 379 g/mol. The summed E-state index contributed by atoms with van der Waals surface area (Å²) >= 11 is 0. The highest BCUT2D eigenvalue weighted by Gasteiger charge is 2.38. The van der Waals surface area contributed by atoms with E-state index in [1.807, 2.05) is 0 Å². The number of nitrogens with one attached hydrogen (secondary N) is 1. The Morgan fingerprint density at radius 1 is 1.30 bits per heavy atom. The van der Waals surface area contributed by atoms with Crippen molar-refractivity contribution in [2.24, 2.45) is 5.92 Å². The normalized spacial score (nSPS) is 19.9. The predicted molar refractivity (Wildman–Crippen MR) is 98.4 cm³/mol. The van der Waals surface area contributed by atoms with Crippen LogP contribution in [0.15, 0.2) is 24.3 Å². The zero-order chi connectivity index (χ0) is 20.2. The fourth-order valence-electron chi connectivity index (χ4n) is 2.96. The molecule has 0 saturated carbocycles. The van der Waals surface area contributed by atoms with Gasteiger partial charge < -0.3 is 19.7 Å². The first-order chi connectivity index (χ1) is 12.6. The lowest BCUT2D eigenvalue weighted by Crippen LogP contribution is -2.52. The topological polar surface area (TPSA) is 111 Å². The molecule has 1 aromatic carbocycles. The Labute approximate surface area is 157 Å². The fourth-order valence-corrected chi connectivity index (χ4v) is 2.96. The number of esters is 1. The van der Waals surface area contributed by atoms with E-state index in [9.17, 15) is 19.7 Å². The van der Waals surface area contributed by atoms with Crippen LogP contribution in [-0.4, -0.2) is 53.7 Å². The van der Waals surface area contributed by atoms with Crippen molar-refractivity contribution in [3.63, 3.8) is 0 Å². The number of nitrogens with zero attached hydrogens (tertiary/aromatic N) is 2. The minimum atomic E-state index is -0.670. The standard InChI is InChI=1S/C18H25N3O6/c1-18(2,3)27-17(23)20-10-9-13(12(11-20)16(22)26-4)19-14-7-5-6-8-15(14)21(24)25/h5-8,12-13,19H,9-11H2,1-4H3/t12-,13-/m1/s1. The van der Waals surface area contributed by atoms with Crippen LogP contribution < -0.4 is 5.32 Å². The van der Waals surface area contributed by atoms with Crippen molar-refractivity contribution in [2.45, 2.75) is 38.8 Å². The number of likely N-dealkylation sites (tertiary alicyclic amines) is 1. The van der Waals surface area contributed by atoms with Gasteiger partial charge in [-0.3, -0.25) is 14.9 Å². The van der Waals surface area contributed by atoms with Gasteiger partial charge in [-0.15, -0.1) is 0 Å². The van der Waals surface area contributed by atoms with E-state index >= 15 is 0 Å². The Kier molecular flexibility index (Phi) is 6.24. The average Bonchev–Trinajstić information content (AvgIpc) is 2.60. The highest BCUT2D eigenvalue weighted by molar-refractivity contribution is 5.77. The SMILES string of the molecule is COC(=O)[C@@H]1CN(C(=O)OC(C)(C)C)CC[C@H]1Nc1ccccc1[N+](=O)[O-]. The van der Waals surface area contributed by atoms with E-state index in [-0.39, 0.29) is 12.2 Å². The van der Waals surface area contributed by atoms with E-state index in [1.54, 1.807) is 39.0 Å². The zero-order valence-electron chi connectivity index (χ0n) is 15.9. The maximum Gasteiger partial charge on any atom is 0.410 e. The van der Waals surface area contributed by atoms with Crippen LogP contribution in [0.3, 0.4) is 0 Å². The molecule has 1 aromatic rings. The third-order valence-corrected chi connectivity index (χ3v) is 4.21. The van der Waals surface area contributed by atoms with Gasteiger partial charge in [-0.05, 0) is 33.3 Å². The second kappa shape index (κ2) is 8.24. The summed E-state index contributed by atoms with van der Waals surface area (Å²) in [6.07, 6.45) is -0.0778. The Morgan fingerprint density at radius 3 is 2.56 bits per heavy atom. The Morgan fingerprint density at radius 2 is 1.96 bits per heavy atom. The number of benzene rings is 1. The summed E-state index contributed by atoms with van der Waals surface area (Å²) in [6, 6.07) is 5.83. The van der Waals surface area contributed by atoms with Gasteiger partial charge >= 0.3 is 12.1 Å². The number of para-hydroxylation sites is 2. The monoisotopic (exact) mass is 379 g/mol. The second-order valence-corrected chi connectivity index (χ2v) is 7.37. The van der Waals surface area contributed by atoms with Gasteiger partial charge in [-0.1, -0.05) is 12.1 Å². The van der Waals surface area contributed by atoms with Crippen LogP contribution in [0.1, 0.15) is 27.2 Å². The van der Waals surface area contributed by atoms with Crippen molar-refractivity contribution in [1.82, 2.24) is 4.90 Å². The Bertz CT molecular complexity index is 715. The summed E-state index contributed by atoms with van der Waals surface area (Å²) in [7, 11) is 1.27. The minimum absolute atomic E-state index is 0.0734. The lowest BCUT2D eigenvalue weighted by atomic mass is 9.92. The number of methoxy groups -OCH3 is 1. The number of hydrogen-bond acceptors (Lipinski definition) is 7. The summed E-state index contributed by atoms with van der Waals surface area (Å²) in [4.78, 5) is 36.8. The molecule has 9 heteroatoms. The Hall–Kier alpha value is -2.84. The van der Waals surface area contributed by atoms with Gasteiger partial charge in [0.2, 0.25) is 0 Å². The quantitative estimate of drug-likeness (QED) is 0.486.